The van der Waals surface area contributed by atoms with E-state index >= 15 is 0 Å². The van der Waals surface area contributed by atoms with Crippen molar-refractivity contribution in [3.8, 4) is 0 Å². The van der Waals surface area contributed by atoms with Crippen LogP contribution in [0, 0.1) is 0 Å². The predicted molar refractivity (Wildman–Crippen MR) is 121 cm³/mol. The number of amides is 1. The summed E-state index contributed by atoms with van der Waals surface area (Å²) in [5.74, 6) is -0.110. The molecule has 0 bridgehead atoms. The summed E-state index contributed by atoms with van der Waals surface area (Å²) in [6, 6.07) is 22.9. The summed E-state index contributed by atoms with van der Waals surface area (Å²) in [5, 5.41) is 4.34. The molecule has 1 fully saturated rings. The molecule has 158 valence electrons. The SMILES string of the molecule is O=C(c1ccc(=O)n(Cc2ccccc2)n1)N1CC[NH+](CC=Cc2ccccc2)CC1. The zero-order valence-electron chi connectivity index (χ0n) is 17.5. The fourth-order valence-electron chi connectivity index (χ4n) is 3.75. The molecule has 0 saturated carbocycles. The van der Waals surface area contributed by atoms with Gasteiger partial charge in [0.15, 0.2) is 0 Å². The fraction of sp³-hybridized carbons (Fsp3) is 0.240. The number of hydrogen-bond acceptors (Lipinski definition) is 3. The molecule has 3 aromatic rings. The number of aromatic nitrogens is 2. The highest BCUT2D eigenvalue weighted by Gasteiger charge is 2.25. The van der Waals surface area contributed by atoms with Crippen LogP contribution in [0.1, 0.15) is 21.6 Å². The zero-order valence-corrected chi connectivity index (χ0v) is 17.5. The fourth-order valence-corrected chi connectivity index (χ4v) is 3.75. The summed E-state index contributed by atoms with van der Waals surface area (Å²) in [5.41, 5.74) is 2.29. The van der Waals surface area contributed by atoms with Crippen LogP contribution in [0.2, 0.25) is 0 Å². The van der Waals surface area contributed by atoms with Gasteiger partial charge in [0.1, 0.15) is 5.69 Å². The van der Waals surface area contributed by atoms with Crippen LogP contribution in [0.15, 0.2) is 83.7 Å². The molecule has 6 nitrogen and oxygen atoms in total. The minimum Gasteiger partial charge on any atom is -0.329 e. The third-order valence-electron chi connectivity index (χ3n) is 5.54. The summed E-state index contributed by atoms with van der Waals surface area (Å²) in [6.45, 7) is 4.46. The Morgan fingerprint density at radius 2 is 1.61 bits per heavy atom. The largest absolute Gasteiger partial charge is 0.329 e. The van der Waals surface area contributed by atoms with Gasteiger partial charge in [0, 0.05) is 6.07 Å². The van der Waals surface area contributed by atoms with Crippen molar-refractivity contribution in [3.63, 3.8) is 0 Å². The molecule has 0 radical (unpaired) electrons. The molecule has 2 heterocycles. The van der Waals surface area contributed by atoms with Gasteiger partial charge in [0.2, 0.25) is 0 Å². The molecule has 0 atom stereocenters. The van der Waals surface area contributed by atoms with Gasteiger partial charge in [-0.3, -0.25) is 9.59 Å². The molecule has 31 heavy (non-hydrogen) atoms. The number of rotatable bonds is 6. The average molecular weight is 416 g/mol. The van der Waals surface area contributed by atoms with Crippen molar-refractivity contribution in [2.75, 3.05) is 32.7 Å². The molecular weight excluding hydrogens is 388 g/mol. The van der Waals surface area contributed by atoms with E-state index in [-0.39, 0.29) is 11.5 Å². The van der Waals surface area contributed by atoms with Crippen LogP contribution in [-0.2, 0) is 6.54 Å². The lowest BCUT2D eigenvalue weighted by Crippen LogP contribution is -3.14. The summed E-state index contributed by atoms with van der Waals surface area (Å²) >= 11 is 0. The minimum absolute atomic E-state index is 0.110. The lowest BCUT2D eigenvalue weighted by atomic mass is 10.2. The van der Waals surface area contributed by atoms with Crippen molar-refractivity contribution in [2.24, 2.45) is 0 Å². The Bertz CT molecular complexity index is 1090. The number of nitrogens with one attached hydrogen (secondary N) is 1. The molecule has 1 aliphatic rings. The second kappa shape index (κ2) is 10.00. The van der Waals surface area contributed by atoms with Gasteiger partial charge in [-0.25, -0.2) is 4.68 Å². The highest BCUT2D eigenvalue weighted by Crippen LogP contribution is 2.04. The van der Waals surface area contributed by atoms with E-state index in [4.69, 9.17) is 0 Å². The summed E-state index contributed by atoms with van der Waals surface area (Å²) in [4.78, 5) is 28.4. The lowest BCUT2D eigenvalue weighted by molar-refractivity contribution is -0.898. The number of quaternary nitrogens is 1. The van der Waals surface area contributed by atoms with Crippen LogP contribution in [0.4, 0.5) is 0 Å². The van der Waals surface area contributed by atoms with E-state index in [2.05, 4.69) is 29.4 Å². The third-order valence-corrected chi connectivity index (χ3v) is 5.54. The number of piperazine rings is 1. The first kappa shape index (κ1) is 20.8. The Balaban J connectivity index is 1.34. The number of nitrogens with zero attached hydrogens (tertiary/aromatic N) is 3. The molecule has 6 heteroatoms. The Kier molecular flexibility index (Phi) is 6.69. The second-order valence-electron chi connectivity index (χ2n) is 7.76. The molecule has 0 spiro atoms. The van der Waals surface area contributed by atoms with Crippen molar-refractivity contribution in [3.05, 3.63) is 106 Å². The van der Waals surface area contributed by atoms with Crippen molar-refractivity contribution < 1.29 is 9.69 Å². The third kappa shape index (κ3) is 5.55. The van der Waals surface area contributed by atoms with Gasteiger partial charge in [-0.15, -0.1) is 0 Å². The topological polar surface area (TPSA) is 59.6 Å². The zero-order chi connectivity index (χ0) is 21.5. The summed E-state index contributed by atoms with van der Waals surface area (Å²) < 4.78 is 1.36. The van der Waals surface area contributed by atoms with E-state index < -0.39 is 0 Å². The van der Waals surface area contributed by atoms with Gasteiger partial charge < -0.3 is 9.80 Å². The summed E-state index contributed by atoms with van der Waals surface area (Å²) in [6.07, 6.45) is 4.34. The quantitative estimate of drug-likeness (QED) is 0.661. The molecule has 1 N–H and O–H groups in total. The van der Waals surface area contributed by atoms with Crippen molar-refractivity contribution >= 4 is 12.0 Å². The Morgan fingerprint density at radius 3 is 2.32 bits per heavy atom. The van der Waals surface area contributed by atoms with E-state index in [1.54, 1.807) is 0 Å². The monoisotopic (exact) mass is 415 g/mol. The first-order valence-corrected chi connectivity index (χ1v) is 10.7. The van der Waals surface area contributed by atoms with Gasteiger partial charge in [0.25, 0.3) is 11.5 Å². The van der Waals surface area contributed by atoms with Crippen molar-refractivity contribution in [1.29, 1.82) is 0 Å². The maximum atomic E-state index is 12.9. The molecule has 4 rings (SSSR count). The first-order chi connectivity index (χ1) is 15.2. The molecule has 1 saturated heterocycles. The highest BCUT2D eigenvalue weighted by molar-refractivity contribution is 5.92. The molecule has 1 aromatic heterocycles. The molecule has 1 amide bonds. The van der Waals surface area contributed by atoms with Crippen LogP contribution in [0.5, 0.6) is 0 Å². The lowest BCUT2D eigenvalue weighted by Gasteiger charge is -2.31. The molecule has 0 unspecified atom stereocenters. The standard InChI is InChI=1S/C25H26N4O2/c30-24-14-13-23(26-29(24)20-22-10-5-2-6-11-22)25(31)28-18-16-27(17-19-28)15-7-12-21-8-3-1-4-9-21/h1-14H,15-20H2/p+1. The van der Waals surface area contributed by atoms with Gasteiger partial charge in [-0.1, -0.05) is 66.7 Å². The van der Waals surface area contributed by atoms with Gasteiger partial charge in [0.05, 0.1) is 39.3 Å². The average Bonchev–Trinajstić information content (AvgIpc) is 2.82. The molecular formula is C25H27N4O2+. The normalized spacial score (nSPS) is 14.8. The highest BCUT2D eigenvalue weighted by atomic mass is 16.2. The minimum atomic E-state index is -0.208. The Morgan fingerprint density at radius 1 is 0.935 bits per heavy atom. The van der Waals surface area contributed by atoms with Crippen molar-refractivity contribution in [2.45, 2.75) is 6.54 Å². The maximum absolute atomic E-state index is 12.9. The number of hydrogen-bond donors (Lipinski definition) is 1. The van der Waals surface area contributed by atoms with Gasteiger partial charge in [-0.05, 0) is 23.3 Å². The first-order valence-electron chi connectivity index (χ1n) is 10.7. The van der Waals surface area contributed by atoms with E-state index in [1.807, 2.05) is 53.4 Å². The van der Waals surface area contributed by atoms with E-state index in [1.165, 1.54) is 27.3 Å². The van der Waals surface area contributed by atoms with E-state index in [0.29, 0.717) is 25.3 Å². The number of benzene rings is 2. The maximum Gasteiger partial charge on any atom is 0.274 e. The van der Waals surface area contributed by atoms with E-state index in [0.717, 1.165) is 25.2 Å². The Labute approximate surface area is 182 Å². The predicted octanol–water partition coefficient (Wildman–Crippen LogP) is 1.35. The van der Waals surface area contributed by atoms with Crippen LogP contribution in [0.3, 0.4) is 0 Å². The van der Waals surface area contributed by atoms with E-state index in [9.17, 15) is 9.59 Å². The van der Waals surface area contributed by atoms with Crippen LogP contribution in [0.25, 0.3) is 6.08 Å². The second-order valence-corrected chi connectivity index (χ2v) is 7.76. The Hall–Kier alpha value is -3.51. The number of carbonyl (C=O) groups is 1. The van der Waals surface area contributed by atoms with Crippen LogP contribution < -0.4 is 10.5 Å². The molecule has 0 aliphatic carbocycles. The molecule has 2 aromatic carbocycles. The van der Waals surface area contributed by atoms with Gasteiger partial charge >= 0.3 is 0 Å². The molecule has 1 aliphatic heterocycles. The van der Waals surface area contributed by atoms with Crippen LogP contribution >= 0.6 is 0 Å². The smallest absolute Gasteiger partial charge is 0.274 e. The van der Waals surface area contributed by atoms with Crippen LogP contribution in [-0.4, -0.2) is 53.3 Å². The number of carbonyl (C=O) groups excluding carboxylic acids is 1. The summed E-state index contributed by atoms with van der Waals surface area (Å²) in [7, 11) is 0. The van der Waals surface area contributed by atoms with Gasteiger partial charge in [-0.2, -0.15) is 5.10 Å². The van der Waals surface area contributed by atoms with Crippen molar-refractivity contribution in [1.82, 2.24) is 14.7 Å².